The van der Waals surface area contributed by atoms with Gasteiger partial charge in [0.1, 0.15) is 11.6 Å². The first-order valence-corrected chi connectivity index (χ1v) is 10.9. The third-order valence-electron chi connectivity index (χ3n) is 5.45. The molecule has 0 amide bonds. The molecule has 1 heterocycles. The summed E-state index contributed by atoms with van der Waals surface area (Å²) in [4.78, 5) is 37.6. The maximum absolute atomic E-state index is 14.4. The molecule has 5 nitrogen and oxygen atoms in total. The van der Waals surface area contributed by atoms with Gasteiger partial charge in [0.15, 0.2) is 5.78 Å². The van der Waals surface area contributed by atoms with E-state index in [0.717, 1.165) is 17.8 Å². The summed E-state index contributed by atoms with van der Waals surface area (Å²) >= 11 is 0.884. The maximum atomic E-state index is 14.4. The fourth-order valence-corrected chi connectivity index (χ4v) is 5.20. The Labute approximate surface area is 192 Å². The van der Waals surface area contributed by atoms with E-state index in [1.54, 1.807) is 18.2 Å². The molecular weight excluding hydrogens is 448 g/mol. The van der Waals surface area contributed by atoms with E-state index in [4.69, 9.17) is 0 Å². The minimum atomic E-state index is -1.02. The normalized spacial score (nSPS) is 17.8. The molecule has 3 aromatic carbocycles. The Bertz CT molecular complexity index is 1290. The molecule has 0 radical (unpaired) electrons. The van der Waals surface area contributed by atoms with Crippen molar-refractivity contribution in [2.45, 2.75) is 17.6 Å². The average molecular weight is 465 g/mol. The van der Waals surface area contributed by atoms with Gasteiger partial charge in [0.25, 0.3) is 5.69 Å². The number of ketones is 2. The van der Waals surface area contributed by atoms with Crippen molar-refractivity contribution in [2.24, 2.45) is 0 Å². The van der Waals surface area contributed by atoms with Crippen molar-refractivity contribution in [2.75, 3.05) is 0 Å². The molecule has 0 bridgehead atoms. The van der Waals surface area contributed by atoms with Gasteiger partial charge in [0, 0.05) is 17.5 Å². The zero-order valence-electron chi connectivity index (χ0n) is 17.1. The third-order valence-corrected chi connectivity index (χ3v) is 6.85. The fourth-order valence-electron chi connectivity index (χ4n) is 3.86. The van der Waals surface area contributed by atoms with Crippen LogP contribution in [0.5, 0.6) is 0 Å². The van der Waals surface area contributed by atoms with Crippen LogP contribution >= 0.6 is 11.8 Å². The highest BCUT2D eigenvalue weighted by atomic mass is 32.2. The first-order valence-electron chi connectivity index (χ1n) is 10.1. The Balaban J connectivity index is 1.78. The van der Waals surface area contributed by atoms with Crippen LogP contribution in [0, 0.1) is 21.7 Å². The van der Waals surface area contributed by atoms with Crippen LogP contribution in [0.15, 0.2) is 83.8 Å². The van der Waals surface area contributed by atoms with Crippen LogP contribution in [0.25, 0.3) is 0 Å². The summed E-state index contributed by atoms with van der Waals surface area (Å²) in [5, 5.41) is 10.6. The topological polar surface area (TPSA) is 77.3 Å². The predicted molar refractivity (Wildman–Crippen MR) is 121 cm³/mol. The summed E-state index contributed by atoms with van der Waals surface area (Å²) in [5.41, 5.74) is -0.152. The molecule has 0 saturated carbocycles. The first kappa shape index (κ1) is 22.5. The van der Waals surface area contributed by atoms with Crippen LogP contribution in [0.3, 0.4) is 0 Å². The summed E-state index contributed by atoms with van der Waals surface area (Å²) in [5.74, 6) is -3.28. The van der Waals surface area contributed by atoms with Gasteiger partial charge >= 0.3 is 0 Å². The molecule has 166 valence electrons. The number of halogens is 2. The van der Waals surface area contributed by atoms with Crippen LogP contribution in [-0.2, 0) is 0 Å². The molecule has 2 atom stereocenters. The lowest BCUT2D eigenvalue weighted by Gasteiger charge is -2.30. The van der Waals surface area contributed by atoms with Crippen LogP contribution < -0.4 is 0 Å². The van der Waals surface area contributed by atoms with Gasteiger partial charge in [-0.2, -0.15) is 0 Å². The highest BCUT2D eigenvalue weighted by Gasteiger charge is 2.39. The fraction of sp³-hybridized carbons (Fsp3) is 0.120. The summed E-state index contributed by atoms with van der Waals surface area (Å²) in [6, 6.07) is 17.0. The second-order valence-electron chi connectivity index (χ2n) is 7.42. The smallest absolute Gasteiger partial charge is 0.272 e. The van der Waals surface area contributed by atoms with Gasteiger partial charge in [0.05, 0.1) is 26.2 Å². The molecule has 0 aliphatic carbocycles. The summed E-state index contributed by atoms with van der Waals surface area (Å²) in [7, 11) is 0. The Morgan fingerprint density at radius 3 is 2.09 bits per heavy atom. The zero-order chi connectivity index (χ0) is 23.5. The van der Waals surface area contributed by atoms with Gasteiger partial charge in [-0.15, -0.1) is 11.8 Å². The highest BCUT2D eigenvalue weighted by Crippen LogP contribution is 2.45. The van der Waals surface area contributed by atoms with Crippen LogP contribution in [0.4, 0.5) is 14.5 Å². The largest absolute Gasteiger partial charge is 0.293 e. The second kappa shape index (κ2) is 9.46. The number of nitrogens with zero attached hydrogens (tertiary/aromatic N) is 1. The van der Waals surface area contributed by atoms with Gasteiger partial charge in [-0.3, -0.25) is 19.7 Å². The van der Waals surface area contributed by atoms with Crippen LogP contribution in [0.1, 0.15) is 38.6 Å². The molecule has 0 spiro atoms. The molecule has 3 aromatic rings. The molecule has 0 aromatic heterocycles. The lowest BCUT2D eigenvalue weighted by Crippen LogP contribution is -2.30. The summed E-state index contributed by atoms with van der Waals surface area (Å²) in [6.07, 6.45) is 1.68. The molecule has 1 aliphatic rings. The van der Waals surface area contributed by atoms with Gasteiger partial charge in [-0.1, -0.05) is 48.5 Å². The van der Waals surface area contributed by atoms with E-state index < -0.39 is 39.3 Å². The number of thioether (sulfide) groups is 1. The Hall–Kier alpha value is -3.65. The number of carbonyl (C=O) groups is 2. The van der Waals surface area contributed by atoms with E-state index >= 15 is 0 Å². The number of nitro benzene ring substituents is 1. The molecular formula is C25H17F2NO4S. The molecule has 0 unspecified atom stereocenters. The third kappa shape index (κ3) is 4.47. The van der Waals surface area contributed by atoms with Crippen molar-refractivity contribution in [3.05, 3.63) is 122 Å². The molecule has 4 rings (SSSR count). The number of allylic oxidation sites excluding steroid dienone is 2. The second-order valence-corrected chi connectivity index (χ2v) is 8.60. The molecule has 0 fully saturated rings. The number of Topliss-reactive ketones (excluding diaryl/α,β-unsaturated/α-hetero) is 2. The standard InChI is InChI=1S/C25H17F2NO4S/c26-19-10-4-1-8-17(19)23(29)22-14-13-16(15-7-3-6-12-21(15)28(31)32)25(33-22)24(30)18-9-2-5-11-20(18)27/h1-12,14,16,25H,13H2/t16-,25+/m0/s1. The van der Waals surface area contributed by atoms with Crippen molar-refractivity contribution in [1.29, 1.82) is 0 Å². The zero-order valence-corrected chi connectivity index (χ0v) is 17.9. The Morgan fingerprint density at radius 1 is 0.879 bits per heavy atom. The minimum Gasteiger partial charge on any atom is -0.293 e. The van der Waals surface area contributed by atoms with E-state index in [2.05, 4.69) is 0 Å². The summed E-state index contributed by atoms with van der Waals surface area (Å²) in [6.45, 7) is 0. The van der Waals surface area contributed by atoms with Gasteiger partial charge in [0.2, 0.25) is 5.78 Å². The maximum Gasteiger partial charge on any atom is 0.272 e. The number of hydrogen-bond donors (Lipinski definition) is 0. The van der Waals surface area contributed by atoms with Crippen molar-refractivity contribution >= 4 is 29.0 Å². The minimum absolute atomic E-state index is 0.123. The van der Waals surface area contributed by atoms with E-state index in [-0.39, 0.29) is 28.1 Å². The van der Waals surface area contributed by atoms with Crippen molar-refractivity contribution in [3.8, 4) is 0 Å². The van der Waals surface area contributed by atoms with E-state index in [1.807, 2.05) is 0 Å². The molecule has 0 saturated heterocycles. The predicted octanol–water partition coefficient (Wildman–Crippen LogP) is 6.11. The average Bonchev–Trinajstić information content (AvgIpc) is 2.83. The quantitative estimate of drug-likeness (QED) is 0.249. The molecule has 1 aliphatic heterocycles. The number of para-hydroxylation sites is 1. The van der Waals surface area contributed by atoms with Crippen molar-refractivity contribution in [3.63, 3.8) is 0 Å². The SMILES string of the molecule is O=C(C1=CC[C@@H](c2ccccc2[N+](=O)[O-])[C@H](C(=O)c2ccccc2F)S1)c1ccccc1F. The van der Waals surface area contributed by atoms with Crippen LogP contribution in [-0.4, -0.2) is 21.7 Å². The van der Waals surface area contributed by atoms with Crippen molar-refractivity contribution in [1.82, 2.24) is 0 Å². The monoisotopic (exact) mass is 465 g/mol. The molecule has 8 heteroatoms. The highest BCUT2D eigenvalue weighted by molar-refractivity contribution is 8.05. The number of carbonyl (C=O) groups excluding carboxylic acids is 2. The molecule has 33 heavy (non-hydrogen) atoms. The molecule has 0 N–H and O–H groups in total. The number of rotatable bonds is 6. The van der Waals surface area contributed by atoms with E-state index in [0.29, 0.717) is 5.56 Å². The number of hydrogen-bond acceptors (Lipinski definition) is 5. The Kier molecular flexibility index (Phi) is 6.46. The van der Waals surface area contributed by atoms with Gasteiger partial charge < -0.3 is 0 Å². The Morgan fingerprint density at radius 2 is 1.45 bits per heavy atom. The number of nitro groups is 1. The van der Waals surface area contributed by atoms with Gasteiger partial charge in [-0.05, 0) is 30.7 Å². The van der Waals surface area contributed by atoms with Gasteiger partial charge in [-0.25, -0.2) is 8.78 Å². The van der Waals surface area contributed by atoms with E-state index in [1.165, 1.54) is 54.6 Å². The number of benzene rings is 3. The van der Waals surface area contributed by atoms with E-state index in [9.17, 15) is 28.5 Å². The lowest BCUT2D eigenvalue weighted by molar-refractivity contribution is -0.385. The van der Waals surface area contributed by atoms with Crippen LogP contribution in [0.2, 0.25) is 0 Å². The van der Waals surface area contributed by atoms with Crippen molar-refractivity contribution < 1.29 is 23.3 Å². The lowest BCUT2D eigenvalue weighted by atomic mass is 9.86. The first-order chi connectivity index (χ1) is 15.9. The summed E-state index contributed by atoms with van der Waals surface area (Å²) < 4.78 is 28.6.